The van der Waals surface area contributed by atoms with E-state index in [-0.39, 0.29) is 5.75 Å². The van der Waals surface area contributed by atoms with Gasteiger partial charge in [0, 0.05) is 13.8 Å². The smallest absolute Gasteiger partial charge is 0.428 e. The second-order valence-corrected chi connectivity index (χ2v) is 4.84. The fourth-order valence-corrected chi connectivity index (χ4v) is 1.55. The van der Waals surface area contributed by atoms with Crippen molar-refractivity contribution >= 4 is 6.08 Å². The van der Waals surface area contributed by atoms with Gasteiger partial charge in [0.25, 0.3) is 6.17 Å². The van der Waals surface area contributed by atoms with Crippen molar-refractivity contribution in [3.05, 3.63) is 36.4 Å². The molecule has 1 rings (SSSR count). The highest BCUT2D eigenvalue weighted by molar-refractivity contribution is 5.48. The number of rotatable bonds is 6. The number of hydrogen-bond acceptors (Lipinski definition) is 2. The Morgan fingerprint density at radius 2 is 1.55 bits per heavy atom. The van der Waals surface area contributed by atoms with Crippen molar-refractivity contribution in [2.24, 2.45) is 0 Å². The predicted molar refractivity (Wildman–Crippen MR) is 68.2 cm³/mol. The first-order valence-corrected chi connectivity index (χ1v) is 6.08. The van der Waals surface area contributed by atoms with Crippen LogP contribution >= 0.6 is 0 Å². The molecule has 0 saturated carbocycles. The van der Waals surface area contributed by atoms with E-state index in [0.717, 1.165) is 19.4 Å². The predicted octanol–water partition coefficient (Wildman–Crippen LogP) is 4.95. The third-order valence-corrected chi connectivity index (χ3v) is 2.44. The van der Waals surface area contributed by atoms with E-state index in [2.05, 4.69) is 11.3 Å². The van der Waals surface area contributed by atoms with Crippen LogP contribution in [0.5, 0.6) is 5.75 Å². The van der Waals surface area contributed by atoms with Crippen LogP contribution in [0.25, 0.3) is 6.08 Å². The zero-order valence-electron chi connectivity index (χ0n) is 11.8. The van der Waals surface area contributed by atoms with Gasteiger partial charge in [-0.3, -0.25) is 4.74 Å². The van der Waals surface area contributed by atoms with Crippen molar-refractivity contribution in [2.75, 3.05) is 0 Å². The summed E-state index contributed by atoms with van der Waals surface area (Å²) in [7, 11) is 0. The van der Waals surface area contributed by atoms with E-state index in [1.165, 1.54) is 18.2 Å². The average Bonchev–Trinajstić information content (AvgIpc) is 2.35. The van der Waals surface area contributed by atoms with E-state index in [1.807, 2.05) is 0 Å². The minimum absolute atomic E-state index is 0.0637. The average molecular weight is 328 g/mol. The van der Waals surface area contributed by atoms with Crippen molar-refractivity contribution in [3.63, 3.8) is 0 Å². The lowest BCUT2D eigenvalue weighted by atomic mass is 10.2. The highest BCUT2D eigenvalue weighted by atomic mass is 19.4. The molecule has 22 heavy (non-hydrogen) atoms. The summed E-state index contributed by atoms with van der Waals surface area (Å²) in [5.74, 6) is -2.12. The molecule has 1 aromatic rings. The third kappa shape index (κ3) is 4.94. The van der Waals surface area contributed by atoms with E-state index < -0.39 is 24.2 Å². The molecule has 0 heterocycles. The van der Waals surface area contributed by atoms with Crippen LogP contribution in [0, 0.1) is 0 Å². The van der Waals surface area contributed by atoms with Crippen molar-refractivity contribution in [1.82, 2.24) is 0 Å². The number of alkyl halides is 6. The summed E-state index contributed by atoms with van der Waals surface area (Å²) < 4.78 is 84.3. The second kappa shape index (κ2) is 6.20. The molecule has 1 aromatic carbocycles. The van der Waals surface area contributed by atoms with Gasteiger partial charge in [0.1, 0.15) is 5.75 Å². The maximum atomic E-state index is 13.2. The zero-order chi connectivity index (χ0) is 17.2. The van der Waals surface area contributed by atoms with Crippen LogP contribution in [-0.2, 0) is 4.74 Å². The van der Waals surface area contributed by atoms with Crippen LogP contribution < -0.4 is 4.74 Å². The lowest BCUT2D eigenvalue weighted by molar-refractivity contribution is -0.387. The van der Waals surface area contributed by atoms with Gasteiger partial charge in [0.2, 0.25) is 5.79 Å². The van der Waals surface area contributed by atoms with Gasteiger partial charge in [-0.25, -0.2) is 4.39 Å². The van der Waals surface area contributed by atoms with Gasteiger partial charge in [-0.15, -0.1) is 0 Å². The summed E-state index contributed by atoms with van der Waals surface area (Å²) in [4.78, 5) is 0. The Hall–Kier alpha value is -1.70. The van der Waals surface area contributed by atoms with Gasteiger partial charge in [-0.2, -0.15) is 22.0 Å². The molecule has 1 atom stereocenters. The monoisotopic (exact) mass is 328 g/mol. The highest BCUT2D eigenvalue weighted by Crippen LogP contribution is 2.38. The van der Waals surface area contributed by atoms with Gasteiger partial charge in [0.15, 0.2) is 0 Å². The van der Waals surface area contributed by atoms with Gasteiger partial charge >= 0.3 is 12.3 Å². The molecule has 0 aliphatic heterocycles. The zero-order valence-corrected chi connectivity index (χ0v) is 11.8. The lowest BCUT2D eigenvalue weighted by Gasteiger charge is -2.32. The Kier molecular flexibility index (Phi) is 5.17. The lowest BCUT2D eigenvalue weighted by Crippen LogP contribution is -2.49. The molecule has 0 fully saturated rings. The Bertz CT molecular complexity index is 507. The van der Waals surface area contributed by atoms with E-state index in [0.29, 0.717) is 0 Å². The SMILES string of the molecule is C=Cc1ccc(OC(C)(C)OC(F)(F)C(F)C(F)(F)F)cc1. The summed E-state index contributed by atoms with van der Waals surface area (Å²) in [6.07, 6.45) is -13.8. The molecule has 0 bridgehead atoms. The van der Waals surface area contributed by atoms with Crippen molar-refractivity contribution < 1.29 is 35.8 Å². The second-order valence-electron chi connectivity index (χ2n) is 4.84. The summed E-state index contributed by atoms with van der Waals surface area (Å²) in [5.41, 5.74) is 0.720. The van der Waals surface area contributed by atoms with Crippen LogP contribution in [0.2, 0.25) is 0 Å². The largest absolute Gasteiger partial charge is 0.463 e. The molecule has 0 radical (unpaired) electrons. The molecule has 0 aromatic heterocycles. The van der Waals surface area contributed by atoms with E-state index in [9.17, 15) is 26.3 Å². The molecule has 0 amide bonds. The van der Waals surface area contributed by atoms with Crippen molar-refractivity contribution in [3.8, 4) is 5.75 Å². The molecule has 1 unspecified atom stereocenters. The molecule has 0 saturated heterocycles. The molecular weight excluding hydrogens is 314 g/mol. The first-order valence-electron chi connectivity index (χ1n) is 6.08. The highest BCUT2D eigenvalue weighted by Gasteiger charge is 2.60. The molecule has 0 spiro atoms. The van der Waals surface area contributed by atoms with Crippen LogP contribution in [-0.4, -0.2) is 24.2 Å². The fraction of sp³-hybridized carbons (Fsp3) is 0.429. The number of ether oxygens (including phenoxy) is 2. The molecule has 0 aliphatic rings. The quantitative estimate of drug-likeness (QED) is 0.543. The van der Waals surface area contributed by atoms with Crippen molar-refractivity contribution in [1.29, 1.82) is 0 Å². The van der Waals surface area contributed by atoms with Crippen LogP contribution in [0.4, 0.5) is 26.3 Å². The topological polar surface area (TPSA) is 18.5 Å². The Balaban J connectivity index is 2.83. The van der Waals surface area contributed by atoms with Crippen LogP contribution in [0.1, 0.15) is 19.4 Å². The summed E-state index contributed by atoms with van der Waals surface area (Å²) in [6.45, 7) is 5.41. The summed E-state index contributed by atoms with van der Waals surface area (Å²) in [6, 6.07) is 5.86. The minimum atomic E-state index is -5.74. The summed E-state index contributed by atoms with van der Waals surface area (Å²) >= 11 is 0. The van der Waals surface area contributed by atoms with E-state index in [4.69, 9.17) is 4.74 Å². The minimum Gasteiger partial charge on any atom is -0.463 e. The maximum Gasteiger partial charge on any atom is 0.428 e. The Morgan fingerprint density at radius 3 is 1.95 bits per heavy atom. The van der Waals surface area contributed by atoms with Gasteiger partial charge in [0.05, 0.1) is 0 Å². The maximum absolute atomic E-state index is 13.2. The molecule has 0 N–H and O–H groups in total. The fourth-order valence-electron chi connectivity index (χ4n) is 1.55. The standard InChI is InChI=1S/C14H14F6O2/c1-4-9-5-7-10(8-6-9)21-12(2,3)22-14(19,20)11(15)13(16,17)18/h4-8,11H,1H2,2-3H3. The van der Waals surface area contributed by atoms with Gasteiger partial charge in [-0.1, -0.05) is 24.8 Å². The molecule has 124 valence electrons. The summed E-state index contributed by atoms with van der Waals surface area (Å²) in [5, 5.41) is 0. The van der Waals surface area contributed by atoms with Gasteiger partial charge < -0.3 is 4.74 Å². The first kappa shape index (κ1) is 18.3. The number of hydrogen-bond donors (Lipinski definition) is 0. The first-order chi connectivity index (χ1) is 9.87. The van der Waals surface area contributed by atoms with Crippen LogP contribution in [0.15, 0.2) is 30.8 Å². The Labute approximate surface area is 123 Å². The molecule has 2 nitrogen and oxygen atoms in total. The van der Waals surface area contributed by atoms with E-state index in [1.54, 1.807) is 12.1 Å². The normalized spacial score (nSPS) is 14.5. The Morgan fingerprint density at radius 1 is 1.05 bits per heavy atom. The molecule has 8 heteroatoms. The van der Waals surface area contributed by atoms with E-state index >= 15 is 0 Å². The molecular formula is C14H14F6O2. The molecule has 0 aliphatic carbocycles. The number of benzene rings is 1. The number of halogens is 6. The third-order valence-electron chi connectivity index (χ3n) is 2.44. The van der Waals surface area contributed by atoms with Crippen molar-refractivity contribution in [2.45, 2.75) is 38.1 Å². The van der Waals surface area contributed by atoms with Gasteiger partial charge in [-0.05, 0) is 17.7 Å². The van der Waals surface area contributed by atoms with Crippen LogP contribution in [0.3, 0.4) is 0 Å².